The molecule has 0 aliphatic rings. The molecule has 106 valence electrons. The summed E-state index contributed by atoms with van der Waals surface area (Å²) in [5.41, 5.74) is 8.58. The van der Waals surface area contributed by atoms with Crippen LogP contribution in [0, 0.1) is 5.82 Å². The molecule has 0 spiro atoms. The predicted molar refractivity (Wildman–Crippen MR) is 78.2 cm³/mol. The summed E-state index contributed by atoms with van der Waals surface area (Å²) in [6.45, 7) is 0. The fourth-order valence-electron chi connectivity index (χ4n) is 2.24. The van der Waals surface area contributed by atoms with Gasteiger partial charge >= 0.3 is 0 Å². The highest BCUT2D eigenvalue weighted by molar-refractivity contribution is 5.90. The molecule has 0 unspecified atom stereocenters. The number of aromatic nitrogens is 3. The van der Waals surface area contributed by atoms with Crippen molar-refractivity contribution in [1.29, 1.82) is 0 Å². The molecule has 2 aromatic heterocycles. The molecule has 3 N–H and O–H groups in total. The molecule has 0 amide bonds. The molecule has 0 radical (unpaired) electrons. The van der Waals surface area contributed by atoms with Crippen molar-refractivity contribution >= 4 is 5.82 Å². The number of halogens is 1. The molecule has 0 aliphatic heterocycles. The first kappa shape index (κ1) is 13.1. The maximum atomic E-state index is 13.4. The van der Waals surface area contributed by atoms with E-state index in [-0.39, 0.29) is 0 Å². The number of para-hydroxylation sites is 1. The number of benzene rings is 1. The zero-order valence-electron chi connectivity index (χ0n) is 11.3. The molecule has 0 saturated carbocycles. The molecule has 2 heterocycles. The maximum absolute atomic E-state index is 13.4. The van der Waals surface area contributed by atoms with Crippen molar-refractivity contribution in [2.45, 2.75) is 0 Å². The summed E-state index contributed by atoms with van der Waals surface area (Å²) in [6, 6.07) is 8.81. The van der Waals surface area contributed by atoms with E-state index in [4.69, 9.17) is 10.5 Å². The van der Waals surface area contributed by atoms with Crippen LogP contribution in [0.3, 0.4) is 0 Å². The average Bonchev–Trinajstić information content (AvgIpc) is 2.89. The summed E-state index contributed by atoms with van der Waals surface area (Å²) in [5.74, 6) is 0.557. The number of nitrogens with zero attached hydrogens (tertiary/aromatic N) is 2. The molecule has 3 aromatic rings. The van der Waals surface area contributed by atoms with Crippen LogP contribution in [-0.2, 0) is 0 Å². The molecule has 3 rings (SSSR count). The zero-order chi connectivity index (χ0) is 14.8. The van der Waals surface area contributed by atoms with E-state index in [1.807, 2.05) is 24.3 Å². The van der Waals surface area contributed by atoms with Crippen molar-refractivity contribution in [3.63, 3.8) is 0 Å². The molecule has 1 aromatic carbocycles. The number of methoxy groups -OCH3 is 1. The monoisotopic (exact) mass is 284 g/mol. The number of nitrogens with two attached hydrogens (primary N) is 1. The number of ether oxygens (including phenoxy) is 1. The second kappa shape index (κ2) is 5.24. The molecule has 21 heavy (non-hydrogen) atoms. The lowest BCUT2D eigenvalue weighted by molar-refractivity contribution is 0.416. The van der Waals surface area contributed by atoms with Crippen LogP contribution in [-0.4, -0.2) is 22.3 Å². The largest absolute Gasteiger partial charge is 0.496 e. The Balaban J connectivity index is 2.22. The highest BCUT2D eigenvalue weighted by Gasteiger charge is 2.18. The van der Waals surface area contributed by atoms with E-state index < -0.39 is 5.82 Å². The second-order valence-corrected chi connectivity index (χ2v) is 4.45. The summed E-state index contributed by atoms with van der Waals surface area (Å²) >= 11 is 0. The number of pyridine rings is 1. The van der Waals surface area contributed by atoms with E-state index in [1.165, 1.54) is 6.07 Å². The van der Waals surface area contributed by atoms with E-state index >= 15 is 0 Å². The number of H-pyrrole nitrogens is 1. The fraction of sp³-hybridized carbons (Fsp3) is 0.0667. The summed E-state index contributed by atoms with van der Waals surface area (Å²) in [7, 11) is 1.58. The Hall–Kier alpha value is -2.89. The average molecular weight is 284 g/mol. The van der Waals surface area contributed by atoms with Crippen molar-refractivity contribution in [2.24, 2.45) is 0 Å². The standard InChI is InChI=1S/C15H13FN4O/c1-21-12-5-3-2-4-11(12)13-14(19-20-15(13)17)9-6-10(16)8-18-7-9/h2-8H,1H3,(H3,17,19,20). The lowest BCUT2D eigenvalue weighted by Crippen LogP contribution is -1.93. The van der Waals surface area contributed by atoms with E-state index in [0.29, 0.717) is 28.4 Å². The molecule has 5 nitrogen and oxygen atoms in total. The molecular formula is C15H13FN4O. The van der Waals surface area contributed by atoms with Crippen molar-refractivity contribution in [1.82, 2.24) is 15.2 Å². The first-order valence-electron chi connectivity index (χ1n) is 6.29. The molecular weight excluding hydrogens is 271 g/mol. The van der Waals surface area contributed by atoms with Gasteiger partial charge in [0.15, 0.2) is 5.82 Å². The van der Waals surface area contributed by atoms with Crippen LogP contribution in [0.1, 0.15) is 0 Å². The van der Waals surface area contributed by atoms with Gasteiger partial charge in [-0.25, -0.2) is 4.39 Å². The van der Waals surface area contributed by atoms with Crippen LogP contribution in [0.25, 0.3) is 22.4 Å². The van der Waals surface area contributed by atoms with Gasteiger partial charge in [0.2, 0.25) is 0 Å². The van der Waals surface area contributed by atoms with Gasteiger partial charge in [0.1, 0.15) is 11.6 Å². The number of nitrogens with one attached hydrogen (secondary N) is 1. The Morgan fingerprint density at radius 1 is 1.24 bits per heavy atom. The molecule has 0 bridgehead atoms. The van der Waals surface area contributed by atoms with Gasteiger partial charge in [0.05, 0.1) is 24.6 Å². The lowest BCUT2D eigenvalue weighted by atomic mass is 10.0. The topological polar surface area (TPSA) is 76.8 Å². The normalized spacial score (nSPS) is 10.6. The zero-order valence-corrected chi connectivity index (χ0v) is 11.3. The Labute approximate surface area is 120 Å². The van der Waals surface area contributed by atoms with E-state index in [0.717, 1.165) is 11.8 Å². The minimum absolute atomic E-state index is 0.318. The Morgan fingerprint density at radius 3 is 2.81 bits per heavy atom. The molecule has 0 aliphatic carbocycles. The number of anilines is 1. The summed E-state index contributed by atoms with van der Waals surface area (Å²) in [4.78, 5) is 3.85. The minimum Gasteiger partial charge on any atom is -0.496 e. The van der Waals surface area contributed by atoms with Crippen molar-refractivity contribution in [3.8, 4) is 28.1 Å². The highest BCUT2D eigenvalue weighted by atomic mass is 19.1. The molecule has 0 atom stereocenters. The van der Waals surface area contributed by atoms with Crippen LogP contribution in [0.15, 0.2) is 42.7 Å². The Bertz CT molecular complexity index is 785. The highest BCUT2D eigenvalue weighted by Crippen LogP contribution is 2.39. The minimum atomic E-state index is -0.424. The Kier molecular flexibility index (Phi) is 3.27. The van der Waals surface area contributed by atoms with Crippen LogP contribution < -0.4 is 10.5 Å². The van der Waals surface area contributed by atoms with Crippen molar-refractivity contribution in [2.75, 3.05) is 12.8 Å². The van der Waals surface area contributed by atoms with Gasteiger partial charge in [-0.1, -0.05) is 18.2 Å². The summed E-state index contributed by atoms with van der Waals surface area (Å²) < 4.78 is 18.7. The van der Waals surface area contributed by atoms with E-state index in [9.17, 15) is 4.39 Å². The van der Waals surface area contributed by atoms with Gasteiger partial charge in [-0.2, -0.15) is 5.10 Å². The van der Waals surface area contributed by atoms with Crippen LogP contribution in [0.5, 0.6) is 5.75 Å². The third-order valence-electron chi connectivity index (χ3n) is 3.16. The summed E-state index contributed by atoms with van der Waals surface area (Å²) in [5, 5.41) is 6.85. The van der Waals surface area contributed by atoms with Crippen molar-refractivity contribution < 1.29 is 9.13 Å². The maximum Gasteiger partial charge on any atom is 0.153 e. The number of rotatable bonds is 3. The van der Waals surface area contributed by atoms with E-state index in [2.05, 4.69) is 15.2 Å². The first-order valence-corrected chi connectivity index (χ1v) is 6.29. The SMILES string of the molecule is COc1ccccc1-c1c(N)n[nH]c1-c1cncc(F)c1. The van der Waals surface area contributed by atoms with Gasteiger partial charge < -0.3 is 10.5 Å². The van der Waals surface area contributed by atoms with Gasteiger partial charge in [-0.05, 0) is 12.1 Å². The predicted octanol–water partition coefficient (Wildman–Crippen LogP) is 2.87. The molecule has 0 saturated heterocycles. The van der Waals surface area contributed by atoms with Crippen LogP contribution in [0.4, 0.5) is 10.2 Å². The van der Waals surface area contributed by atoms with Gasteiger partial charge in [-0.15, -0.1) is 0 Å². The van der Waals surface area contributed by atoms with Crippen LogP contribution >= 0.6 is 0 Å². The number of hydrogen-bond donors (Lipinski definition) is 2. The van der Waals surface area contributed by atoms with Crippen molar-refractivity contribution in [3.05, 3.63) is 48.5 Å². The lowest BCUT2D eigenvalue weighted by Gasteiger charge is -2.09. The fourth-order valence-corrected chi connectivity index (χ4v) is 2.24. The molecule has 6 heteroatoms. The number of aromatic amines is 1. The first-order chi connectivity index (χ1) is 10.2. The van der Waals surface area contributed by atoms with Gasteiger partial charge in [0, 0.05) is 17.3 Å². The summed E-state index contributed by atoms with van der Waals surface area (Å²) in [6.07, 6.45) is 2.70. The second-order valence-electron chi connectivity index (χ2n) is 4.45. The molecule has 0 fully saturated rings. The quantitative estimate of drug-likeness (QED) is 0.775. The van der Waals surface area contributed by atoms with Gasteiger partial charge in [0.25, 0.3) is 0 Å². The smallest absolute Gasteiger partial charge is 0.153 e. The van der Waals surface area contributed by atoms with Gasteiger partial charge in [-0.3, -0.25) is 10.1 Å². The van der Waals surface area contributed by atoms with Crippen LogP contribution in [0.2, 0.25) is 0 Å². The number of hydrogen-bond acceptors (Lipinski definition) is 4. The third kappa shape index (κ3) is 2.31. The number of nitrogen functional groups attached to an aromatic ring is 1. The van der Waals surface area contributed by atoms with E-state index in [1.54, 1.807) is 13.3 Å². The third-order valence-corrected chi connectivity index (χ3v) is 3.16. The Morgan fingerprint density at radius 2 is 2.05 bits per heavy atom.